The van der Waals surface area contributed by atoms with Gasteiger partial charge in [-0.1, -0.05) is 0 Å². The van der Waals surface area contributed by atoms with Gasteiger partial charge in [-0.2, -0.15) is 0 Å². The summed E-state index contributed by atoms with van der Waals surface area (Å²) in [5.41, 5.74) is -0.0756. The maximum atomic E-state index is 12.4. The van der Waals surface area contributed by atoms with Gasteiger partial charge in [-0.15, -0.1) is 0 Å². The molecule has 0 atom stereocenters. The Kier molecular flexibility index (Phi) is 3.21. The number of carbonyl (C=O) groups excluding carboxylic acids is 2. The van der Waals surface area contributed by atoms with E-state index in [0.29, 0.717) is 26.3 Å². The van der Waals surface area contributed by atoms with Gasteiger partial charge < -0.3 is 15.0 Å². The first kappa shape index (κ1) is 13.6. The Morgan fingerprint density at radius 2 is 1.48 bits per heavy atom. The average Bonchev–Trinajstić information content (AvgIpc) is 2.45. The minimum atomic E-state index is -0.390. The zero-order valence-corrected chi connectivity index (χ0v) is 12.5. The van der Waals surface area contributed by atoms with E-state index in [1.54, 1.807) is 4.90 Å². The molecule has 1 heterocycles. The summed E-state index contributed by atoms with van der Waals surface area (Å²) in [6, 6.07) is 0. The monoisotopic (exact) mass is 292 g/mol. The SMILES string of the molecule is O=C(NC12CC3CC(CC(C3)C1)C2)C(=O)N1CCOCC1. The van der Waals surface area contributed by atoms with Crippen LogP contribution in [-0.4, -0.2) is 48.6 Å². The lowest BCUT2D eigenvalue weighted by Gasteiger charge is -2.56. The van der Waals surface area contributed by atoms with E-state index in [-0.39, 0.29) is 17.4 Å². The summed E-state index contributed by atoms with van der Waals surface area (Å²) in [7, 11) is 0. The first-order chi connectivity index (χ1) is 10.1. The molecule has 0 spiro atoms. The van der Waals surface area contributed by atoms with Crippen LogP contribution in [0.1, 0.15) is 38.5 Å². The van der Waals surface area contributed by atoms with Crippen LogP contribution in [0.4, 0.5) is 0 Å². The Morgan fingerprint density at radius 3 is 2.00 bits per heavy atom. The van der Waals surface area contributed by atoms with E-state index in [4.69, 9.17) is 4.74 Å². The van der Waals surface area contributed by atoms with Crippen molar-refractivity contribution >= 4 is 11.8 Å². The van der Waals surface area contributed by atoms with Gasteiger partial charge in [0.05, 0.1) is 13.2 Å². The van der Waals surface area contributed by atoms with Crippen molar-refractivity contribution in [2.24, 2.45) is 17.8 Å². The smallest absolute Gasteiger partial charge is 0.312 e. The van der Waals surface area contributed by atoms with Gasteiger partial charge in [-0.3, -0.25) is 9.59 Å². The van der Waals surface area contributed by atoms with Gasteiger partial charge in [0, 0.05) is 18.6 Å². The van der Waals surface area contributed by atoms with Gasteiger partial charge in [0.15, 0.2) is 0 Å². The first-order valence-corrected chi connectivity index (χ1v) is 8.33. The third kappa shape index (κ3) is 2.45. The van der Waals surface area contributed by atoms with Crippen LogP contribution in [0.3, 0.4) is 0 Å². The summed E-state index contributed by atoms with van der Waals surface area (Å²) in [5, 5.41) is 3.15. The number of rotatable bonds is 1. The molecule has 1 N–H and O–H groups in total. The van der Waals surface area contributed by atoms with E-state index in [9.17, 15) is 9.59 Å². The average molecular weight is 292 g/mol. The molecule has 0 radical (unpaired) electrons. The van der Waals surface area contributed by atoms with Crippen molar-refractivity contribution in [3.63, 3.8) is 0 Å². The highest BCUT2D eigenvalue weighted by molar-refractivity contribution is 6.35. The highest BCUT2D eigenvalue weighted by Gasteiger charge is 2.52. The summed E-state index contributed by atoms with van der Waals surface area (Å²) in [6.45, 7) is 2.15. The van der Waals surface area contributed by atoms with Crippen molar-refractivity contribution in [2.45, 2.75) is 44.1 Å². The quantitative estimate of drug-likeness (QED) is 0.732. The zero-order valence-electron chi connectivity index (χ0n) is 12.5. The molecule has 5 rings (SSSR count). The highest BCUT2D eigenvalue weighted by atomic mass is 16.5. The third-order valence-corrected chi connectivity index (χ3v) is 5.91. The zero-order chi connectivity index (χ0) is 14.4. The van der Waals surface area contributed by atoms with Crippen molar-refractivity contribution in [3.05, 3.63) is 0 Å². The minimum Gasteiger partial charge on any atom is -0.378 e. The molecule has 4 bridgehead atoms. The largest absolute Gasteiger partial charge is 0.378 e. The molecule has 5 aliphatic rings. The summed E-state index contributed by atoms with van der Waals surface area (Å²) in [5.74, 6) is 1.56. The molecule has 5 fully saturated rings. The number of nitrogens with zero attached hydrogens (tertiary/aromatic N) is 1. The number of ether oxygens (including phenoxy) is 1. The van der Waals surface area contributed by atoms with Gasteiger partial charge in [0.2, 0.25) is 0 Å². The van der Waals surface area contributed by atoms with E-state index in [2.05, 4.69) is 5.32 Å². The first-order valence-electron chi connectivity index (χ1n) is 8.33. The minimum absolute atomic E-state index is 0.0756. The number of carbonyl (C=O) groups is 2. The van der Waals surface area contributed by atoms with Crippen molar-refractivity contribution in [1.29, 1.82) is 0 Å². The van der Waals surface area contributed by atoms with Gasteiger partial charge in [-0.05, 0) is 56.3 Å². The van der Waals surface area contributed by atoms with Gasteiger partial charge in [0.1, 0.15) is 0 Å². The Hall–Kier alpha value is -1.10. The van der Waals surface area contributed by atoms with Gasteiger partial charge >= 0.3 is 11.8 Å². The molecule has 1 saturated heterocycles. The molecule has 21 heavy (non-hydrogen) atoms. The van der Waals surface area contributed by atoms with Crippen LogP contribution in [0.2, 0.25) is 0 Å². The Labute approximate surface area is 125 Å². The molecule has 0 aromatic rings. The van der Waals surface area contributed by atoms with Crippen LogP contribution in [0.15, 0.2) is 0 Å². The number of morpholine rings is 1. The third-order valence-electron chi connectivity index (χ3n) is 5.91. The van der Waals surface area contributed by atoms with Crippen LogP contribution < -0.4 is 5.32 Å². The van der Waals surface area contributed by atoms with Crippen molar-refractivity contribution in [3.8, 4) is 0 Å². The van der Waals surface area contributed by atoms with E-state index in [1.165, 1.54) is 19.3 Å². The second kappa shape index (κ2) is 4.97. The molecule has 0 unspecified atom stereocenters. The maximum Gasteiger partial charge on any atom is 0.312 e. The second-order valence-corrected chi connectivity index (χ2v) is 7.56. The standard InChI is InChI=1S/C16H24N2O3/c19-14(15(20)18-1-3-21-4-2-18)17-16-8-11-5-12(9-16)7-13(6-11)10-16/h11-13H,1-10H2,(H,17,19). The summed E-state index contributed by atoms with van der Waals surface area (Å²) < 4.78 is 5.24. The molecule has 1 aliphatic heterocycles. The van der Waals surface area contributed by atoms with E-state index >= 15 is 0 Å². The van der Waals surface area contributed by atoms with Crippen LogP contribution >= 0.6 is 0 Å². The van der Waals surface area contributed by atoms with Crippen molar-refractivity contribution in [2.75, 3.05) is 26.3 Å². The fraction of sp³-hybridized carbons (Fsp3) is 0.875. The predicted molar refractivity (Wildman–Crippen MR) is 76.4 cm³/mol. The molecule has 5 heteroatoms. The van der Waals surface area contributed by atoms with Crippen LogP contribution in [0.5, 0.6) is 0 Å². The Balaban J connectivity index is 1.43. The lowest BCUT2D eigenvalue weighted by molar-refractivity contribution is -0.151. The molecule has 2 amide bonds. The molecule has 4 saturated carbocycles. The van der Waals surface area contributed by atoms with Gasteiger partial charge in [-0.25, -0.2) is 0 Å². The number of hydrogen-bond acceptors (Lipinski definition) is 3. The number of nitrogens with one attached hydrogen (secondary N) is 1. The summed E-state index contributed by atoms with van der Waals surface area (Å²) >= 11 is 0. The van der Waals surface area contributed by atoms with E-state index < -0.39 is 0 Å². The van der Waals surface area contributed by atoms with Gasteiger partial charge in [0.25, 0.3) is 0 Å². The molecule has 116 valence electrons. The lowest BCUT2D eigenvalue weighted by atomic mass is 9.53. The van der Waals surface area contributed by atoms with Crippen molar-refractivity contribution in [1.82, 2.24) is 10.2 Å². The number of hydrogen-bond donors (Lipinski definition) is 1. The molecule has 4 aliphatic carbocycles. The molecular weight excluding hydrogens is 268 g/mol. The molecule has 0 aromatic heterocycles. The predicted octanol–water partition coefficient (Wildman–Crippen LogP) is 0.930. The fourth-order valence-electron chi connectivity index (χ4n) is 5.47. The van der Waals surface area contributed by atoms with Crippen LogP contribution in [0, 0.1) is 17.8 Å². The molecule has 0 aromatic carbocycles. The van der Waals surface area contributed by atoms with Crippen LogP contribution in [0.25, 0.3) is 0 Å². The van der Waals surface area contributed by atoms with E-state index in [1.807, 2.05) is 0 Å². The Bertz CT molecular complexity index is 421. The normalized spacial score (nSPS) is 41.1. The maximum absolute atomic E-state index is 12.4. The lowest BCUT2D eigenvalue weighted by Crippen LogP contribution is -2.62. The van der Waals surface area contributed by atoms with E-state index in [0.717, 1.165) is 37.0 Å². The highest BCUT2D eigenvalue weighted by Crippen LogP contribution is 2.55. The van der Waals surface area contributed by atoms with Crippen LogP contribution in [-0.2, 0) is 14.3 Å². The topological polar surface area (TPSA) is 58.6 Å². The fourth-order valence-corrected chi connectivity index (χ4v) is 5.47. The summed E-state index contributed by atoms with van der Waals surface area (Å²) in [6.07, 6.45) is 7.27. The van der Waals surface area contributed by atoms with Crippen molar-refractivity contribution < 1.29 is 14.3 Å². The number of amides is 2. The summed E-state index contributed by atoms with van der Waals surface area (Å²) in [4.78, 5) is 26.3. The Morgan fingerprint density at radius 1 is 0.952 bits per heavy atom. The second-order valence-electron chi connectivity index (χ2n) is 7.56. The molecular formula is C16H24N2O3. The molecule has 5 nitrogen and oxygen atoms in total.